The van der Waals surface area contributed by atoms with Gasteiger partial charge in [-0.2, -0.15) is 0 Å². The number of hydrogen-bond donors (Lipinski definition) is 1. The third-order valence-corrected chi connectivity index (χ3v) is 4.79. The van der Waals surface area contributed by atoms with Crippen LogP contribution in [0.25, 0.3) is 0 Å². The molecule has 1 aliphatic rings. The molecule has 5 heteroatoms. The monoisotopic (exact) mass is 347 g/mol. The molecule has 1 unspecified atom stereocenters. The molecule has 1 N–H and O–H groups in total. The van der Waals surface area contributed by atoms with Crippen molar-refractivity contribution in [3.8, 4) is 0 Å². The molecule has 1 saturated carbocycles. The molecule has 0 bridgehead atoms. The van der Waals surface area contributed by atoms with Crippen molar-refractivity contribution in [1.82, 2.24) is 5.32 Å². The van der Waals surface area contributed by atoms with Crippen LogP contribution in [0.1, 0.15) is 37.3 Å². The van der Waals surface area contributed by atoms with Crippen molar-refractivity contribution in [3.05, 3.63) is 71.0 Å². The number of benzene rings is 2. The average Bonchev–Trinajstić information content (AvgIpc) is 3.38. The normalized spacial score (nSPS) is 16.3. The van der Waals surface area contributed by atoms with E-state index < -0.39 is 17.0 Å². The second-order valence-corrected chi connectivity index (χ2v) is 6.75. The molecule has 1 atom stereocenters. The van der Waals surface area contributed by atoms with E-state index in [4.69, 9.17) is 0 Å². The molecule has 1 fully saturated rings. The van der Waals surface area contributed by atoms with Crippen LogP contribution in [0.4, 0.5) is 13.2 Å². The molecule has 132 valence electrons. The Kier molecular flexibility index (Phi) is 4.84. The standard InChI is InChI=1S/C20H20F3NO/c1-13(5-6-14-7-8-17(22)18(23)11-14)24-19(25)20(9-10-20)15-3-2-4-16(21)12-15/h2-4,7-8,11-13H,5-6,9-10H2,1H3,(H,24,25). The van der Waals surface area contributed by atoms with Gasteiger partial charge in [0, 0.05) is 6.04 Å². The molecular formula is C20H20F3NO. The minimum Gasteiger partial charge on any atom is -0.353 e. The van der Waals surface area contributed by atoms with Crippen LogP contribution >= 0.6 is 0 Å². The lowest BCUT2D eigenvalue weighted by Gasteiger charge is -2.20. The third-order valence-electron chi connectivity index (χ3n) is 4.79. The van der Waals surface area contributed by atoms with Crippen LogP contribution in [0.15, 0.2) is 42.5 Å². The Bertz CT molecular complexity index is 786. The van der Waals surface area contributed by atoms with Crippen molar-refractivity contribution in [1.29, 1.82) is 0 Å². The number of aryl methyl sites for hydroxylation is 1. The summed E-state index contributed by atoms with van der Waals surface area (Å²) in [5.74, 6) is -2.17. The molecule has 2 aromatic carbocycles. The van der Waals surface area contributed by atoms with Gasteiger partial charge in [-0.05, 0) is 68.0 Å². The summed E-state index contributed by atoms with van der Waals surface area (Å²) in [7, 11) is 0. The maximum Gasteiger partial charge on any atom is 0.230 e. The van der Waals surface area contributed by atoms with Gasteiger partial charge in [0.05, 0.1) is 5.41 Å². The summed E-state index contributed by atoms with van der Waals surface area (Å²) in [6.07, 6.45) is 2.55. The first-order valence-electron chi connectivity index (χ1n) is 8.42. The SMILES string of the molecule is CC(CCc1ccc(F)c(F)c1)NC(=O)C1(c2cccc(F)c2)CC1. The molecular weight excluding hydrogens is 327 g/mol. The van der Waals surface area contributed by atoms with Crippen molar-refractivity contribution in [3.63, 3.8) is 0 Å². The summed E-state index contributed by atoms with van der Waals surface area (Å²) in [5, 5.41) is 2.97. The predicted octanol–water partition coefficient (Wildman–Crippen LogP) is 4.27. The van der Waals surface area contributed by atoms with Crippen LogP contribution < -0.4 is 5.32 Å². The van der Waals surface area contributed by atoms with Crippen LogP contribution in [-0.2, 0) is 16.6 Å². The zero-order valence-corrected chi connectivity index (χ0v) is 14.0. The van der Waals surface area contributed by atoms with Crippen LogP contribution in [0.5, 0.6) is 0 Å². The van der Waals surface area contributed by atoms with Gasteiger partial charge in [-0.15, -0.1) is 0 Å². The predicted molar refractivity (Wildman–Crippen MR) is 89.6 cm³/mol. The van der Waals surface area contributed by atoms with Crippen molar-refractivity contribution in [2.75, 3.05) is 0 Å². The van der Waals surface area contributed by atoms with Gasteiger partial charge in [0.2, 0.25) is 5.91 Å². The van der Waals surface area contributed by atoms with E-state index in [1.165, 1.54) is 18.2 Å². The highest BCUT2D eigenvalue weighted by atomic mass is 19.2. The molecule has 25 heavy (non-hydrogen) atoms. The molecule has 0 radical (unpaired) electrons. The molecule has 0 spiro atoms. The first kappa shape index (κ1) is 17.5. The van der Waals surface area contributed by atoms with E-state index in [-0.39, 0.29) is 17.8 Å². The zero-order chi connectivity index (χ0) is 18.0. The Hall–Kier alpha value is -2.30. The van der Waals surface area contributed by atoms with E-state index in [1.54, 1.807) is 18.2 Å². The summed E-state index contributed by atoms with van der Waals surface area (Å²) < 4.78 is 39.6. The van der Waals surface area contributed by atoms with E-state index in [0.717, 1.165) is 6.07 Å². The molecule has 1 amide bonds. The van der Waals surface area contributed by atoms with Crippen LogP contribution in [0, 0.1) is 17.5 Å². The maximum absolute atomic E-state index is 13.4. The molecule has 2 nitrogen and oxygen atoms in total. The fourth-order valence-corrected chi connectivity index (χ4v) is 3.07. The minimum absolute atomic E-state index is 0.101. The number of carbonyl (C=O) groups excluding carboxylic acids is 1. The maximum atomic E-state index is 13.4. The van der Waals surface area contributed by atoms with Crippen molar-refractivity contribution >= 4 is 5.91 Å². The van der Waals surface area contributed by atoms with Crippen LogP contribution in [0.2, 0.25) is 0 Å². The van der Waals surface area contributed by atoms with Gasteiger partial charge in [-0.3, -0.25) is 4.79 Å². The lowest BCUT2D eigenvalue weighted by Crippen LogP contribution is -2.40. The second kappa shape index (κ2) is 6.90. The summed E-state index contributed by atoms with van der Waals surface area (Å²) in [5.41, 5.74) is 0.766. The van der Waals surface area contributed by atoms with Crippen molar-refractivity contribution in [2.45, 2.75) is 44.1 Å². The lowest BCUT2D eigenvalue weighted by atomic mass is 9.94. The van der Waals surface area contributed by atoms with Gasteiger partial charge in [0.1, 0.15) is 5.82 Å². The Morgan fingerprint density at radius 3 is 2.52 bits per heavy atom. The van der Waals surface area contributed by atoms with Crippen LogP contribution in [-0.4, -0.2) is 11.9 Å². The number of nitrogens with one attached hydrogen (secondary N) is 1. The van der Waals surface area contributed by atoms with Gasteiger partial charge in [-0.1, -0.05) is 18.2 Å². The molecule has 0 aliphatic heterocycles. The van der Waals surface area contributed by atoms with E-state index >= 15 is 0 Å². The highest BCUT2D eigenvalue weighted by Gasteiger charge is 2.51. The summed E-state index contributed by atoms with van der Waals surface area (Å²) >= 11 is 0. The topological polar surface area (TPSA) is 29.1 Å². The molecule has 0 heterocycles. The second-order valence-electron chi connectivity index (χ2n) is 6.75. The largest absolute Gasteiger partial charge is 0.353 e. The zero-order valence-electron chi connectivity index (χ0n) is 14.0. The van der Waals surface area contributed by atoms with E-state index in [2.05, 4.69) is 5.32 Å². The van der Waals surface area contributed by atoms with Gasteiger partial charge in [0.25, 0.3) is 0 Å². The van der Waals surface area contributed by atoms with Gasteiger partial charge in [0.15, 0.2) is 11.6 Å². The summed E-state index contributed by atoms with van der Waals surface area (Å²) in [6.45, 7) is 1.87. The number of amides is 1. The number of halogens is 3. The van der Waals surface area contributed by atoms with Gasteiger partial charge < -0.3 is 5.32 Å². The average molecular weight is 347 g/mol. The highest BCUT2D eigenvalue weighted by molar-refractivity contribution is 5.91. The summed E-state index contributed by atoms with van der Waals surface area (Å²) in [6, 6.07) is 9.89. The molecule has 0 aromatic heterocycles. The lowest BCUT2D eigenvalue weighted by molar-refractivity contribution is -0.124. The molecule has 2 aromatic rings. The number of rotatable bonds is 6. The molecule has 3 rings (SSSR count). The fraction of sp³-hybridized carbons (Fsp3) is 0.350. The van der Waals surface area contributed by atoms with Crippen LogP contribution in [0.3, 0.4) is 0 Å². The summed E-state index contributed by atoms with van der Waals surface area (Å²) in [4.78, 5) is 12.6. The third kappa shape index (κ3) is 3.86. The molecule has 0 saturated heterocycles. The minimum atomic E-state index is -0.865. The number of carbonyl (C=O) groups is 1. The van der Waals surface area contributed by atoms with Gasteiger partial charge in [-0.25, -0.2) is 13.2 Å². The van der Waals surface area contributed by atoms with Crippen molar-refractivity contribution in [2.24, 2.45) is 0 Å². The Morgan fingerprint density at radius 2 is 1.88 bits per heavy atom. The van der Waals surface area contributed by atoms with E-state index in [9.17, 15) is 18.0 Å². The quantitative estimate of drug-likeness (QED) is 0.831. The highest BCUT2D eigenvalue weighted by Crippen LogP contribution is 2.48. The first-order chi connectivity index (χ1) is 11.9. The van der Waals surface area contributed by atoms with Crippen molar-refractivity contribution < 1.29 is 18.0 Å². The Balaban J connectivity index is 1.58. The fourth-order valence-electron chi connectivity index (χ4n) is 3.07. The van der Waals surface area contributed by atoms with E-state index in [1.807, 2.05) is 6.92 Å². The number of hydrogen-bond acceptors (Lipinski definition) is 1. The van der Waals surface area contributed by atoms with E-state index in [0.29, 0.717) is 36.8 Å². The Labute approximate surface area is 145 Å². The first-order valence-corrected chi connectivity index (χ1v) is 8.42. The Morgan fingerprint density at radius 1 is 1.12 bits per heavy atom. The van der Waals surface area contributed by atoms with Gasteiger partial charge >= 0.3 is 0 Å². The molecule has 1 aliphatic carbocycles. The smallest absolute Gasteiger partial charge is 0.230 e.